The summed E-state index contributed by atoms with van der Waals surface area (Å²) in [6.45, 7) is 12.4. The van der Waals surface area contributed by atoms with E-state index in [2.05, 4.69) is 24.2 Å². The topological polar surface area (TPSA) is 89.8 Å². The van der Waals surface area contributed by atoms with Crippen molar-refractivity contribution < 1.29 is 19.1 Å². The van der Waals surface area contributed by atoms with Gasteiger partial charge in [0.15, 0.2) is 5.69 Å². The molecule has 1 saturated heterocycles. The maximum absolute atomic E-state index is 14.6. The van der Waals surface area contributed by atoms with Crippen molar-refractivity contribution in [3.05, 3.63) is 41.7 Å². The second-order valence-electron chi connectivity index (χ2n) is 13.1. The van der Waals surface area contributed by atoms with Crippen LogP contribution in [0.15, 0.2) is 30.3 Å². The van der Waals surface area contributed by atoms with E-state index in [0.717, 1.165) is 49.9 Å². The molecule has 226 valence electrons. The van der Waals surface area contributed by atoms with Crippen molar-refractivity contribution in [1.82, 2.24) is 24.8 Å². The van der Waals surface area contributed by atoms with E-state index in [1.807, 2.05) is 65.6 Å². The second kappa shape index (κ2) is 13.8. The molecule has 4 rings (SSSR count). The van der Waals surface area contributed by atoms with Gasteiger partial charge < -0.3 is 19.3 Å². The predicted octanol–water partition coefficient (Wildman–Crippen LogP) is 5.76. The Balaban J connectivity index is 1.69. The molecule has 41 heavy (non-hydrogen) atoms. The summed E-state index contributed by atoms with van der Waals surface area (Å²) >= 11 is 0. The first kappa shape index (κ1) is 31.0. The van der Waals surface area contributed by atoms with Crippen LogP contribution in [0, 0.1) is 17.8 Å². The summed E-state index contributed by atoms with van der Waals surface area (Å²) in [7, 11) is 1.71. The molecular weight excluding hydrogens is 518 g/mol. The van der Waals surface area contributed by atoms with E-state index in [-0.39, 0.29) is 24.0 Å². The average molecular weight is 568 g/mol. The monoisotopic (exact) mass is 567 g/mol. The molecule has 1 aliphatic carbocycles. The van der Waals surface area contributed by atoms with Crippen molar-refractivity contribution in [2.75, 3.05) is 33.4 Å². The fraction of sp³-hybridized carbons (Fsp3) is 0.688. The molecule has 1 aliphatic heterocycles. The summed E-state index contributed by atoms with van der Waals surface area (Å²) < 4.78 is 12.9. The van der Waals surface area contributed by atoms with Crippen LogP contribution < -0.4 is 0 Å². The fourth-order valence-electron chi connectivity index (χ4n) is 6.40. The maximum atomic E-state index is 14.6. The van der Waals surface area contributed by atoms with Crippen LogP contribution in [0.2, 0.25) is 0 Å². The summed E-state index contributed by atoms with van der Waals surface area (Å²) in [5.74, 6) is 0.862. The van der Waals surface area contributed by atoms with Gasteiger partial charge in [0.2, 0.25) is 0 Å². The first-order valence-corrected chi connectivity index (χ1v) is 15.4. The number of hydrogen-bond donors (Lipinski definition) is 0. The molecular formula is C32H49N5O4. The van der Waals surface area contributed by atoms with Crippen LogP contribution in [0.4, 0.5) is 4.79 Å². The smallest absolute Gasteiger partial charge is 0.410 e. The highest BCUT2D eigenvalue weighted by molar-refractivity contribution is 5.93. The maximum Gasteiger partial charge on any atom is 0.410 e. The number of carbonyl (C=O) groups is 2. The summed E-state index contributed by atoms with van der Waals surface area (Å²) in [6, 6.07) is 9.78. The minimum Gasteiger partial charge on any atom is -0.444 e. The van der Waals surface area contributed by atoms with E-state index in [1.54, 1.807) is 7.11 Å². The normalized spacial score (nSPS) is 21.0. The number of unbranched alkanes of at least 4 members (excludes halogenated alkanes) is 1. The van der Waals surface area contributed by atoms with Gasteiger partial charge in [-0.2, -0.15) is 0 Å². The van der Waals surface area contributed by atoms with E-state index in [4.69, 9.17) is 9.47 Å². The molecule has 1 aromatic carbocycles. The van der Waals surface area contributed by atoms with Gasteiger partial charge in [0.05, 0.1) is 17.4 Å². The van der Waals surface area contributed by atoms with Gasteiger partial charge in [0.25, 0.3) is 5.91 Å². The minimum atomic E-state index is -0.572. The number of ether oxygens (including phenoxy) is 2. The number of likely N-dealkylation sites (tertiary alicyclic amines) is 1. The third kappa shape index (κ3) is 7.87. The average Bonchev–Trinajstić information content (AvgIpc) is 3.36. The predicted molar refractivity (Wildman–Crippen MR) is 159 cm³/mol. The largest absolute Gasteiger partial charge is 0.444 e. The fourth-order valence-corrected chi connectivity index (χ4v) is 6.40. The Bertz CT molecular complexity index is 1140. The van der Waals surface area contributed by atoms with Crippen LogP contribution in [-0.4, -0.2) is 81.8 Å². The van der Waals surface area contributed by atoms with Crippen LogP contribution in [0.1, 0.15) is 89.3 Å². The van der Waals surface area contributed by atoms with Crippen molar-refractivity contribution in [2.24, 2.45) is 17.8 Å². The first-order chi connectivity index (χ1) is 19.6. The van der Waals surface area contributed by atoms with E-state index in [1.165, 1.54) is 0 Å². The number of nitrogens with zero attached hydrogens (tertiary/aromatic N) is 5. The van der Waals surface area contributed by atoms with Crippen LogP contribution in [-0.2, 0) is 15.9 Å². The van der Waals surface area contributed by atoms with E-state index < -0.39 is 5.60 Å². The Kier molecular flexibility index (Phi) is 10.4. The number of aromatic nitrogens is 3. The van der Waals surface area contributed by atoms with Crippen LogP contribution in [0.5, 0.6) is 0 Å². The molecule has 3 atom stereocenters. The van der Waals surface area contributed by atoms with Crippen molar-refractivity contribution in [1.29, 1.82) is 0 Å². The van der Waals surface area contributed by atoms with Gasteiger partial charge in [0.1, 0.15) is 5.60 Å². The third-order valence-corrected chi connectivity index (χ3v) is 8.18. The molecule has 2 fully saturated rings. The highest BCUT2D eigenvalue weighted by Gasteiger charge is 2.45. The lowest BCUT2D eigenvalue weighted by Gasteiger charge is -2.50. The molecule has 9 heteroatoms. The zero-order valence-electron chi connectivity index (χ0n) is 25.8. The summed E-state index contributed by atoms with van der Waals surface area (Å²) in [6.07, 6.45) is 6.57. The standard InChI is InChI=1S/C32H49N5O4/c1-23(2)20-36(28-22-35(31(39)41-32(3,4)5)21-24-14-10-11-17-26(24)28)30(38)29-27(18-12-13-19-40-6)37(34-33-29)25-15-8-7-9-16-25/h7-9,15-16,23-24,26,28H,10-14,17-22H2,1-6H3. The van der Waals surface area contributed by atoms with E-state index in [0.29, 0.717) is 50.2 Å². The molecule has 0 radical (unpaired) electrons. The van der Waals surface area contributed by atoms with Crippen LogP contribution >= 0.6 is 0 Å². The highest BCUT2D eigenvalue weighted by atomic mass is 16.6. The molecule has 1 saturated carbocycles. The SMILES string of the molecule is COCCCCc1c(C(=O)N(CC(C)C)C2CN(C(=O)OC(C)(C)C)CC3CCCCC32)nnn1-c1ccccc1. The second-order valence-corrected chi connectivity index (χ2v) is 13.1. The lowest BCUT2D eigenvalue weighted by molar-refractivity contribution is -0.0253. The van der Waals surface area contributed by atoms with Gasteiger partial charge in [-0.3, -0.25) is 4.79 Å². The number of carbonyl (C=O) groups excluding carboxylic acids is 2. The molecule has 9 nitrogen and oxygen atoms in total. The number of benzene rings is 1. The zero-order valence-corrected chi connectivity index (χ0v) is 25.8. The minimum absolute atomic E-state index is 0.0945. The lowest BCUT2D eigenvalue weighted by Crippen LogP contribution is -2.60. The molecule has 0 spiro atoms. The number of fused-ring (bicyclic) bond motifs is 1. The molecule has 0 bridgehead atoms. The van der Waals surface area contributed by atoms with Crippen molar-refractivity contribution in [3.63, 3.8) is 0 Å². The van der Waals surface area contributed by atoms with E-state index >= 15 is 0 Å². The first-order valence-electron chi connectivity index (χ1n) is 15.4. The van der Waals surface area contributed by atoms with Gasteiger partial charge >= 0.3 is 6.09 Å². The van der Waals surface area contributed by atoms with Gasteiger partial charge in [-0.25, -0.2) is 9.48 Å². The lowest BCUT2D eigenvalue weighted by atomic mass is 9.72. The molecule has 2 aliphatic rings. The van der Waals surface area contributed by atoms with Gasteiger partial charge in [-0.1, -0.05) is 50.1 Å². The summed E-state index contributed by atoms with van der Waals surface area (Å²) in [5.41, 5.74) is 1.55. The highest BCUT2D eigenvalue weighted by Crippen LogP contribution is 2.39. The Morgan fingerprint density at radius 3 is 2.49 bits per heavy atom. The number of methoxy groups -OCH3 is 1. The van der Waals surface area contributed by atoms with Crippen molar-refractivity contribution in [3.8, 4) is 5.69 Å². The van der Waals surface area contributed by atoms with Gasteiger partial charge in [-0.05, 0) is 82.8 Å². The Morgan fingerprint density at radius 1 is 1.07 bits per heavy atom. The third-order valence-electron chi connectivity index (χ3n) is 8.18. The number of piperidine rings is 1. The number of para-hydroxylation sites is 1. The summed E-state index contributed by atoms with van der Waals surface area (Å²) in [4.78, 5) is 31.7. The van der Waals surface area contributed by atoms with Gasteiger partial charge in [-0.15, -0.1) is 5.10 Å². The van der Waals surface area contributed by atoms with Gasteiger partial charge in [0, 0.05) is 33.4 Å². The Labute approximate surface area is 245 Å². The van der Waals surface area contributed by atoms with Crippen LogP contribution in [0.3, 0.4) is 0 Å². The number of amides is 2. The van der Waals surface area contributed by atoms with E-state index in [9.17, 15) is 9.59 Å². The quantitative estimate of drug-likeness (QED) is 0.339. The molecule has 2 aromatic rings. The summed E-state index contributed by atoms with van der Waals surface area (Å²) in [5, 5.41) is 8.99. The number of hydrogen-bond acceptors (Lipinski definition) is 6. The Hall–Kier alpha value is -2.94. The molecule has 3 unspecified atom stereocenters. The van der Waals surface area contributed by atoms with Crippen molar-refractivity contribution >= 4 is 12.0 Å². The number of rotatable bonds is 10. The molecule has 0 N–H and O–H groups in total. The molecule has 2 amide bonds. The van der Waals surface area contributed by atoms with Crippen molar-refractivity contribution in [2.45, 2.75) is 91.2 Å². The molecule has 2 heterocycles. The zero-order chi connectivity index (χ0) is 29.6. The Morgan fingerprint density at radius 2 is 1.80 bits per heavy atom. The van der Waals surface area contributed by atoms with Crippen LogP contribution in [0.25, 0.3) is 5.69 Å². The molecule has 1 aromatic heterocycles.